The summed E-state index contributed by atoms with van der Waals surface area (Å²) in [5.74, 6) is 0.127. The number of piperidine rings is 1. The Morgan fingerprint density at radius 1 is 1.07 bits per heavy atom. The summed E-state index contributed by atoms with van der Waals surface area (Å²) >= 11 is 0. The van der Waals surface area contributed by atoms with Crippen molar-refractivity contribution in [1.29, 1.82) is 0 Å². The molecule has 2 aromatic carbocycles. The first-order chi connectivity index (χ1) is 13.2. The molecule has 1 aliphatic rings. The van der Waals surface area contributed by atoms with Crippen LogP contribution in [0, 0.1) is 5.92 Å². The van der Waals surface area contributed by atoms with Gasteiger partial charge in [0.25, 0.3) is 6.08 Å². The molecular weight excluding hydrogens is 360 g/mol. The zero-order chi connectivity index (χ0) is 20.3. The molecule has 3 rings (SSSR count). The van der Waals surface area contributed by atoms with Crippen LogP contribution in [0.5, 0.6) is 0 Å². The highest BCUT2D eigenvalue weighted by Gasteiger charge is 2.28. The van der Waals surface area contributed by atoms with Crippen molar-refractivity contribution in [2.45, 2.75) is 45.6 Å². The van der Waals surface area contributed by atoms with Crippen LogP contribution in [-0.4, -0.2) is 29.7 Å². The van der Waals surface area contributed by atoms with Crippen LogP contribution in [0.3, 0.4) is 0 Å². The molecule has 5 heteroatoms. The molecule has 0 atom stereocenters. The van der Waals surface area contributed by atoms with E-state index in [1.54, 1.807) is 11.0 Å². The van der Waals surface area contributed by atoms with Crippen molar-refractivity contribution < 1.29 is 18.3 Å². The van der Waals surface area contributed by atoms with Gasteiger partial charge in [-0.1, -0.05) is 36.4 Å². The second-order valence-corrected chi connectivity index (χ2v) is 8.42. The van der Waals surface area contributed by atoms with Crippen molar-refractivity contribution in [3.8, 4) is 0 Å². The van der Waals surface area contributed by atoms with Crippen LogP contribution in [0.2, 0.25) is 0 Å². The lowest BCUT2D eigenvalue weighted by molar-refractivity contribution is 0.0185. The highest BCUT2D eigenvalue weighted by Crippen LogP contribution is 2.34. The molecule has 1 fully saturated rings. The fourth-order valence-corrected chi connectivity index (χ4v) is 3.62. The molecule has 0 aliphatic carbocycles. The van der Waals surface area contributed by atoms with E-state index in [-0.39, 0.29) is 17.6 Å². The van der Waals surface area contributed by atoms with Gasteiger partial charge in [0.2, 0.25) is 0 Å². The topological polar surface area (TPSA) is 29.5 Å². The number of ether oxygens (including phenoxy) is 1. The number of fused-ring (bicyclic) bond motifs is 1. The number of nitrogens with zero attached hydrogens (tertiary/aromatic N) is 1. The lowest BCUT2D eigenvalue weighted by Crippen LogP contribution is -2.41. The second kappa shape index (κ2) is 8.29. The summed E-state index contributed by atoms with van der Waals surface area (Å²) in [5.41, 5.74) is 0.159. The van der Waals surface area contributed by atoms with E-state index >= 15 is 0 Å². The highest BCUT2D eigenvalue weighted by atomic mass is 19.3. The smallest absolute Gasteiger partial charge is 0.410 e. The highest BCUT2D eigenvalue weighted by molar-refractivity contribution is 5.86. The molecule has 0 saturated carbocycles. The first-order valence-corrected chi connectivity index (χ1v) is 9.74. The average molecular weight is 387 g/mol. The van der Waals surface area contributed by atoms with Crippen LogP contribution in [0.1, 0.15) is 45.6 Å². The number of hydrogen-bond donors (Lipinski definition) is 0. The molecule has 0 unspecified atom stereocenters. The fraction of sp³-hybridized carbons (Fsp3) is 0.435. The first-order valence-electron chi connectivity index (χ1n) is 9.74. The van der Waals surface area contributed by atoms with Gasteiger partial charge >= 0.3 is 6.09 Å². The summed E-state index contributed by atoms with van der Waals surface area (Å²) < 4.78 is 32.9. The maximum Gasteiger partial charge on any atom is 0.410 e. The van der Waals surface area contributed by atoms with Gasteiger partial charge in [-0.05, 0) is 68.4 Å². The van der Waals surface area contributed by atoms with Crippen molar-refractivity contribution in [1.82, 2.24) is 4.90 Å². The Labute approximate surface area is 165 Å². The lowest BCUT2D eigenvalue weighted by Gasteiger charge is -2.33. The van der Waals surface area contributed by atoms with Gasteiger partial charge in [0, 0.05) is 18.7 Å². The summed E-state index contributed by atoms with van der Waals surface area (Å²) in [6.45, 7) is 6.59. The Bertz CT molecular complexity index is 874. The standard InChI is InChI=1S/C23H27F2NO2/c1-23(2,3)28-22(27)26-12-10-16(11-13-26)14-20(21(24)25)19-9-8-17-6-4-5-7-18(17)15-19/h4-9,15-16H,10-14H2,1-3H3. The fourth-order valence-electron chi connectivity index (χ4n) is 3.62. The second-order valence-electron chi connectivity index (χ2n) is 8.42. The minimum Gasteiger partial charge on any atom is -0.444 e. The monoisotopic (exact) mass is 387 g/mol. The third-order valence-electron chi connectivity index (χ3n) is 5.09. The SMILES string of the molecule is CC(C)(C)OC(=O)N1CCC(CC(=C(F)F)c2ccc3ccccc3c2)CC1. The number of carbonyl (C=O) groups excluding carboxylic acids is 1. The Kier molecular flexibility index (Phi) is 6.01. The van der Waals surface area contributed by atoms with Gasteiger partial charge in [-0.25, -0.2) is 4.79 Å². The Morgan fingerprint density at radius 3 is 2.32 bits per heavy atom. The largest absolute Gasteiger partial charge is 0.444 e. The molecule has 1 saturated heterocycles. The minimum absolute atomic E-state index is 0.112. The number of rotatable bonds is 3. The summed E-state index contributed by atoms with van der Waals surface area (Å²) in [7, 11) is 0. The molecule has 0 radical (unpaired) electrons. The van der Waals surface area contributed by atoms with Crippen molar-refractivity contribution in [2.75, 3.05) is 13.1 Å². The molecule has 2 aromatic rings. The van der Waals surface area contributed by atoms with Gasteiger partial charge in [0.1, 0.15) is 5.60 Å². The van der Waals surface area contributed by atoms with E-state index < -0.39 is 11.7 Å². The molecule has 1 amide bonds. The van der Waals surface area contributed by atoms with Crippen LogP contribution >= 0.6 is 0 Å². The molecule has 0 bridgehead atoms. The Hall–Kier alpha value is -2.43. The maximum absolute atomic E-state index is 13.7. The number of halogens is 2. The van der Waals surface area contributed by atoms with E-state index in [2.05, 4.69) is 0 Å². The van der Waals surface area contributed by atoms with E-state index in [1.807, 2.05) is 57.2 Å². The van der Waals surface area contributed by atoms with Crippen LogP contribution in [0.4, 0.5) is 13.6 Å². The van der Waals surface area contributed by atoms with Crippen LogP contribution in [-0.2, 0) is 4.74 Å². The number of hydrogen-bond acceptors (Lipinski definition) is 2. The van der Waals surface area contributed by atoms with Crippen molar-refractivity contribution in [3.05, 3.63) is 54.1 Å². The van der Waals surface area contributed by atoms with Gasteiger partial charge in [-0.2, -0.15) is 8.78 Å². The van der Waals surface area contributed by atoms with E-state index in [4.69, 9.17) is 4.74 Å². The molecule has 28 heavy (non-hydrogen) atoms. The summed E-state index contributed by atoms with van der Waals surface area (Å²) in [4.78, 5) is 13.8. The molecule has 0 spiro atoms. The van der Waals surface area contributed by atoms with Crippen LogP contribution in [0.15, 0.2) is 48.5 Å². The quantitative estimate of drug-likeness (QED) is 0.603. The van der Waals surface area contributed by atoms with E-state index in [0.717, 1.165) is 10.8 Å². The molecular formula is C23H27F2NO2. The number of carbonyl (C=O) groups is 1. The van der Waals surface area contributed by atoms with Gasteiger partial charge < -0.3 is 9.64 Å². The van der Waals surface area contributed by atoms with Gasteiger partial charge in [0.15, 0.2) is 0 Å². The molecule has 1 aliphatic heterocycles. The summed E-state index contributed by atoms with van der Waals surface area (Å²) in [5, 5.41) is 1.99. The van der Waals surface area contributed by atoms with E-state index in [0.29, 0.717) is 37.9 Å². The normalized spacial score (nSPS) is 15.5. The molecule has 150 valence electrons. The van der Waals surface area contributed by atoms with E-state index in [9.17, 15) is 13.6 Å². The summed E-state index contributed by atoms with van der Waals surface area (Å²) in [6.07, 6.45) is -0.228. The summed E-state index contributed by atoms with van der Waals surface area (Å²) in [6, 6.07) is 13.2. The lowest BCUT2D eigenvalue weighted by atomic mass is 9.87. The van der Waals surface area contributed by atoms with Crippen molar-refractivity contribution in [2.24, 2.45) is 5.92 Å². The van der Waals surface area contributed by atoms with E-state index in [1.165, 1.54) is 0 Å². The number of benzene rings is 2. The predicted octanol–water partition coefficient (Wildman–Crippen LogP) is 6.48. The van der Waals surface area contributed by atoms with Gasteiger partial charge in [-0.3, -0.25) is 0 Å². The van der Waals surface area contributed by atoms with Crippen molar-refractivity contribution >= 4 is 22.4 Å². The molecule has 1 heterocycles. The maximum atomic E-state index is 13.7. The first kappa shape index (κ1) is 20.3. The average Bonchev–Trinajstić information content (AvgIpc) is 2.64. The van der Waals surface area contributed by atoms with Crippen LogP contribution in [0.25, 0.3) is 16.3 Å². The number of allylic oxidation sites excluding steroid dienone is 1. The molecule has 3 nitrogen and oxygen atoms in total. The molecule has 0 aromatic heterocycles. The Morgan fingerprint density at radius 2 is 1.71 bits per heavy atom. The number of likely N-dealkylation sites (tertiary alicyclic amines) is 1. The third-order valence-corrected chi connectivity index (χ3v) is 5.09. The van der Waals surface area contributed by atoms with Gasteiger partial charge in [-0.15, -0.1) is 0 Å². The molecule has 0 N–H and O–H groups in total. The zero-order valence-corrected chi connectivity index (χ0v) is 16.7. The third kappa shape index (κ3) is 5.09. The van der Waals surface area contributed by atoms with Gasteiger partial charge in [0.05, 0.1) is 0 Å². The zero-order valence-electron chi connectivity index (χ0n) is 16.7. The van der Waals surface area contributed by atoms with Crippen LogP contribution < -0.4 is 0 Å². The Balaban J connectivity index is 1.66. The van der Waals surface area contributed by atoms with Crippen molar-refractivity contribution in [3.63, 3.8) is 0 Å². The minimum atomic E-state index is -1.62. The number of amides is 1. The predicted molar refractivity (Wildman–Crippen MR) is 108 cm³/mol.